The average molecular weight is 304 g/mol. The van der Waals surface area contributed by atoms with Gasteiger partial charge in [0.25, 0.3) is 0 Å². The Bertz CT molecular complexity index is 606. The van der Waals surface area contributed by atoms with Crippen LogP contribution in [0.2, 0.25) is 5.02 Å². The van der Waals surface area contributed by atoms with E-state index in [1.165, 1.54) is 5.56 Å². The van der Waals surface area contributed by atoms with Crippen LogP contribution in [0.25, 0.3) is 0 Å². The second kappa shape index (κ2) is 6.64. The van der Waals surface area contributed by atoms with Gasteiger partial charge in [-0.15, -0.1) is 0 Å². The molecule has 0 radical (unpaired) electrons. The molecule has 0 aromatic heterocycles. The van der Waals surface area contributed by atoms with Gasteiger partial charge in [0.05, 0.1) is 0 Å². The van der Waals surface area contributed by atoms with Gasteiger partial charge in [-0.2, -0.15) is 0 Å². The highest BCUT2D eigenvalue weighted by Crippen LogP contribution is 2.23. The van der Waals surface area contributed by atoms with Crippen LogP contribution in [0.5, 0.6) is 0 Å². The Labute approximate surface area is 129 Å². The Morgan fingerprint density at radius 2 is 1.52 bits per heavy atom. The average Bonchev–Trinajstić information content (AvgIpc) is 2.46. The van der Waals surface area contributed by atoms with Crippen molar-refractivity contribution in [3.05, 3.63) is 64.7 Å². The lowest BCUT2D eigenvalue weighted by molar-refractivity contribution is -0.138. The molecule has 1 atom stereocenters. The van der Waals surface area contributed by atoms with Crippen molar-refractivity contribution in [2.24, 2.45) is 0 Å². The molecule has 0 aliphatic rings. The number of anilines is 1. The first-order valence-electron chi connectivity index (χ1n) is 6.82. The van der Waals surface area contributed by atoms with Gasteiger partial charge in [-0.3, -0.25) is 0 Å². The van der Waals surface area contributed by atoms with Crippen molar-refractivity contribution < 1.29 is 9.90 Å². The molecule has 110 valence electrons. The largest absolute Gasteiger partial charge is 0.479 e. The molecule has 4 heteroatoms. The van der Waals surface area contributed by atoms with Gasteiger partial charge in [0.1, 0.15) is 0 Å². The van der Waals surface area contributed by atoms with Crippen molar-refractivity contribution in [3.8, 4) is 0 Å². The highest BCUT2D eigenvalue weighted by Gasteiger charge is 2.19. The van der Waals surface area contributed by atoms with Crippen molar-refractivity contribution in [1.29, 1.82) is 0 Å². The van der Waals surface area contributed by atoms with E-state index in [2.05, 4.69) is 19.2 Å². The van der Waals surface area contributed by atoms with Crippen LogP contribution < -0.4 is 5.32 Å². The van der Waals surface area contributed by atoms with E-state index in [4.69, 9.17) is 11.6 Å². The van der Waals surface area contributed by atoms with Gasteiger partial charge in [0, 0.05) is 10.7 Å². The topological polar surface area (TPSA) is 49.3 Å². The normalized spacial score (nSPS) is 12.2. The minimum absolute atomic E-state index is 0.423. The van der Waals surface area contributed by atoms with Gasteiger partial charge in [-0.25, -0.2) is 4.79 Å². The lowest BCUT2D eigenvalue weighted by Gasteiger charge is -2.17. The zero-order chi connectivity index (χ0) is 15.4. The molecule has 21 heavy (non-hydrogen) atoms. The molecule has 2 aromatic carbocycles. The molecule has 0 saturated heterocycles. The molecule has 0 saturated carbocycles. The molecule has 0 aliphatic carbocycles. The second-order valence-corrected chi connectivity index (χ2v) is 5.68. The van der Waals surface area contributed by atoms with Crippen molar-refractivity contribution in [3.63, 3.8) is 0 Å². The highest BCUT2D eigenvalue weighted by atomic mass is 35.5. The van der Waals surface area contributed by atoms with Crippen LogP contribution in [0.4, 0.5) is 5.69 Å². The number of carboxylic acids is 1. The van der Waals surface area contributed by atoms with Crippen molar-refractivity contribution in [2.45, 2.75) is 25.8 Å². The Morgan fingerprint density at radius 3 is 2.00 bits per heavy atom. The molecule has 3 nitrogen and oxygen atoms in total. The Kier molecular flexibility index (Phi) is 4.86. The summed E-state index contributed by atoms with van der Waals surface area (Å²) in [6, 6.07) is 13.9. The first-order chi connectivity index (χ1) is 9.97. The summed E-state index contributed by atoms with van der Waals surface area (Å²) in [5, 5.41) is 13.1. The second-order valence-electron chi connectivity index (χ2n) is 5.24. The maximum absolute atomic E-state index is 11.5. The lowest BCUT2D eigenvalue weighted by Crippen LogP contribution is -2.20. The van der Waals surface area contributed by atoms with Crippen LogP contribution in [0.1, 0.15) is 36.9 Å². The zero-order valence-electron chi connectivity index (χ0n) is 12.0. The minimum atomic E-state index is -0.915. The molecule has 0 heterocycles. The predicted molar refractivity (Wildman–Crippen MR) is 86.0 cm³/mol. The third-order valence-electron chi connectivity index (χ3n) is 3.34. The fraction of sp³-hybridized carbons (Fsp3) is 0.235. The molecule has 0 fully saturated rings. The van der Waals surface area contributed by atoms with Gasteiger partial charge in [0.15, 0.2) is 6.04 Å². The molecule has 1 unspecified atom stereocenters. The fourth-order valence-corrected chi connectivity index (χ4v) is 2.20. The van der Waals surface area contributed by atoms with E-state index in [-0.39, 0.29) is 0 Å². The van der Waals surface area contributed by atoms with E-state index in [0.717, 1.165) is 11.3 Å². The third-order valence-corrected chi connectivity index (χ3v) is 3.59. The quantitative estimate of drug-likeness (QED) is 0.841. The van der Waals surface area contributed by atoms with Gasteiger partial charge < -0.3 is 10.4 Å². The third kappa shape index (κ3) is 3.99. The summed E-state index contributed by atoms with van der Waals surface area (Å²) in [5.74, 6) is -0.492. The maximum Gasteiger partial charge on any atom is 0.330 e. The van der Waals surface area contributed by atoms with Crippen LogP contribution in [0, 0.1) is 0 Å². The molecule has 0 aliphatic heterocycles. The molecule has 2 rings (SSSR count). The number of halogens is 1. The van der Waals surface area contributed by atoms with E-state index in [1.807, 2.05) is 24.3 Å². The SMILES string of the molecule is CC(C)c1ccc(C(Nc2ccc(Cl)cc2)C(=O)O)cc1. The van der Waals surface area contributed by atoms with Crippen molar-refractivity contribution in [1.82, 2.24) is 0 Å². The van der Waals surface area contributed by atoms with Gasteiger partial charge >= 0.3 is 5.97 Å². The van der Waals surface area contributed by atoms with Gasteiger partial charge in [0.2, 0.25) is 0 Å². The Morgan fingerprint density at radius 1 is 1.00 bits per heavy atom. The molecule has 0 spiro atoms. The Hall–Kier alpha value is -2.00. The number of benzene rings is 2. The molecule has 2 aromatic rings. The summed E-state index contributed by atoms with van der Waals surface area (Å²) in [5.41, 5.74) is 2.64. The highest BCUT2D eigenvalue weighted by molar-refractivity contribution is 6.30. The fourth-order valence-electron chi connectivity index (χ4n) is 2.07. The summed E-state index contributed by atoms with van der Waals surface area (Å²) in [4.78, 5) is 11.5. The molecular weight excluding hydrogens is 286 g/mol. The number of hydrogen-bond acceptors (Lipinski definition) is 2. The molecular formula is C17H18ClNO2. The van der Waals surface area contributed by atoms with E-state index in [0.29, 0.717) is 10.9 Å². The van der Waals surface area contributed by atoms with E-state index in [1.54, 1.807) is 24.3 Å². The predicted octanol–water partition coefficient (Wildman–Crippen LogP) is 4.70. The number of nitrogens with one attached hydrogen (secondary N) is 1. The van der Waals surface area contributed by atoms with E-state index >= 15 is 0 Å². The molecule has 2 N–H and O–H groups in total. The first kappa shape index (κ1) is 15.4. The van der Waals surface area contributed by atoms with Crippen LogP contribution in [0.15, 0.2) is 48.5 Å². The smallest absolute Gasteiger partial charge is 0.330 e. The summed E-state index contributed by atoms with van der Waals surface area (Å²) in [7, 11) is 0. The van der Waals surface area contributed by atoms with Gasteiger partial charge in [-0.05, 0) is 41.3 Å². The maximum atomic E-state index is 11.5. The monoisotopic (exact) mass is 303 g/mol. The first-order valence-corrected chi connectivity index (χ1v) is 7.20. The molecule has 0 amide bonds. The van der Waals surface area contributed by atoms with Crippen molar-refractivity contribution >= 4 is 23.3 Å². The summed E-state index contributed by atoms with van der Waals surface area (Å²) >= 11 is 5.83. The summed E-state index contributed by atoms with van der Waals surface area (Å²) in [6.07, 6.45) is 0. The van der Waals surface area contributed by atoms with Crippen LogP contribution in [0.3, 0.4) is 0 Å². The standard InChI is InChI=1S/C17H18ClNO2/c1-11(2)12-3-5-13(6-4-12)16(17(20)21)19-15-9-7-14(18)8-10-15/h3-11,16,19H,1-2H3,(H,20,21). The number of carboxylic acid groups (broad SMARTS) is 1. The minimum Gasteiger partial charge on any atom is -0.479 e. The van der Waals surface area contributed by atoms with Crippen LogP contribution >= 0.6 is 11.6 Å². The Balaban J connectivity index is 2.22. The van der Waals surface area contributed by atoms with E-state index < -0.39 is 12.0 Å². The van der Waals surface area contributed by atoms with Gasteiger partial charge in [-0.1, -0.05) is 49.7 Å². The van der Waals surface area contributed by atoms with E-state index in [9.17, 15) is 9.90 Å². The number of carbonyl (C=O) groups is 1. The van der Waals surface area contributed by atoms with Crippen molar-refractivity contribution in [2.75, 3.05) is 5.32 Å². The number of aliphatic carboxylic acids is 1. The lowest BCUT2D eigenvalue weighted by atomic mass is 9.99. The summed E-state index contributed by atoms with van der Waals surface area (Å²) < 4.78 is 0. The zero-order valence-corrected chi connectivity index (χ0v) is 12.8. The van der Waals surface area contributed by atoms with Crippen LogP contribution in [-0.2, 0) is 4.79 Å². The van der Waals surface area contributed by atoms with Crippen LogP contribution in [-0.4, -0.2) is 11.1 Å². The number of hydrogen-bond donors (Lipinski definition) is 2. The molecule has 0 bridgehead atoms. The summed E-state index contributed by atoms with van der Waals surface area (Å²) in [6.45, 7) is 4.21. The number of rotatable bonds is 5.